The number of hydrogen-bond acceptors (Lipinski definition) is 3. The van der Waals surface area contributed by atoms with E-state index >= 15 is 0 Å². The van der Waals surface area contributed by atoms with Crippen molar-refractivity contribution < 1.29 is 9.50 Å². The number of benzene rings is 1. The molecule has 5 heteroatoms. The van der Waals surface area contributed by atoms with E-state index in [9.17, 15) is 4.39 Å². The minimum absolute atomic E-state index is 0.0647. The standard InChI is InChI=1S/C11H12FN3O/c12-10-3-1-9(2-4-10)7-15-8-11(5-6-16)13-14-15/h1-4,8,16H,5-7H2. The molecule has 0 aliphatic rings. The Hall–Kier alpha value is -1.75. The van der Waals surface area contributed by atoms with Crippen LogP contribution in [0.3, 0.4) is 0 Å². The van der Waals surface area contributed by atoms with Gasteiger partial charge in [0.05, 0.1) is 12.2 Å². The summed E-state index contributed by atoms with van der Waals surface area (Å²) in [4.78, 5) is 0. The van der Waals surface area contributed by atoms with Crippen LogP contribution in [0.2, 0.25) is 0 Å². The van der Waals surface area contributed by atoms with Crippen LogP contribution in [0, 0.1) is 5.82 Å². The van der Waals surface area contributed by atoms with Gasteiger partial charge in [-0.25, -0.2) is 9.07 Å². The van der Waals surface area contributed by atoms with E-state index < -0.39 is 0 Å². The number of aliphatic hydroxyl groups excluding tert-OH is 1. The Morgan fingerprint density at radius 2 is 2.00 bits per heavy atom. The second kappa shape index (κ2) is 4.85. The summed E-state index contributed by atoms with van der Waals surface area (Å²) >= 11 is 0. The Morgan fingerprint density at radius 3 is 2.69 bits per heavy atom. The van der Waals surface area contributed by atoms with Gasteiger partial charge in [-0.2, -0.15) is 0 Å². The van der Waals surface area contributed by atoms with Crippen LogP contribution in [0.15, 0.2) is 30.5 Å². The normalized spacial score (nSPS) is 10.6. The molecule has 2 aromatic rings. The fourth-order valence-corrected chi connectivity index (χ4v) is 1.42. The number of rotatable bonds is 4. The number of halogens is 1. The third kappa shape index (κ3) is 2.64. The predicted octanol–water partition coefficient (Wildman–Crippen LogP) is 1.00. The molecule has 0 spiro atoms. The molecule has 1 aromatic carbocycles. The molecule has 0 saturated carbocycles. The summed E-state index contributed by atoms with van der Waals surface area (Å²) in [5, 5.41) is 16.5. The van der Waals surface area contributed by atoms with E-state index in [0.29, 0.717) is 13.0 Å². The van der Waals surface area contributed by atoms with E-state index in [1.807, 2.05) is 0 Å². The zero-order valence-corrected chi connectivity index (χ0v) is 8.67. The van der Waals surface area contributed by atoms with E-state index in [-0.39, 0.29) is 12.4 Å². The third-order valence-electron chi connectivity index (χ3n) is 2.21. The number of aromatic nitrogens is 3. The van der Waals surface area contributed by atoms with Crippen molar-refractivity contribution in [1.82, 2.24) is 15.0 Å². The highest BCUT2D eigenvalue weighted by molar-refractivity contribution is 5.16. The Labute approximate surface area is 92.3 Å². The van der Waals surface area contributed by atoms with E-state index in [2.05, 4.69) is 10.3 Å². The van der Waals surface area contributed by atoms with Gasteiger partial charge < -0.3 is 5.11 Å². The second-order valence-corrected chi connectivity index (χ2v) is 3.51. The molecule has 0 fully saturated rings. The van der Waals surface area contributed by atoms with Gasteiger partial charge in [-0.05, 0) is 17.7 Å². The largest absolute Gasteiger partial charge is 0.396 e. The fourth-order valence-electron chi connectivity index (χ4n) is 1.42. The molecule has 16 heavy (non-hydrogen) atoms. The second-order valence-electron chi connectivity index (χ2n) is 3.51. The lowest BCUT2D eigenvalue weighted by Gasteiger charge is -1.99. The minimum atomic E-state index is -0.247. The molecule has 0 aliphatic carbocycles. The monoisotopic (exact) mass is 221 g/mol. The van der Waals surface area contributed by atoms with Gasteiger partial charge in [0.25, 0.3) is 0 Å². The summed E-state index contributed by atoms with van der Waals surface area (Å²) in [5.41, 5.74) is 1.71. The van der Waals surface area contributed by atoms with Crippen molar-refractivity contribution in [3.05, 3.63) is 47.5 Å². The first kappa shape index (κ1) is 10.8. The van der Waals surface area contributed by atoms with Gasteiger partial charge in [-0.1, -0.05) is 17.3 Å². The fraction of sp³-hybridized carbons (Fsp3) is 0.273. The number of nitrogens with zero attached hydrogens (tertiary/aromatic N) is 3. The van der Waals surface area contributed by atoms with E-state index in [0.717, 1.165) is 11.3 Å². The molecule has 0 aliphatic heterocycles. The predicted molar refractivity (Wildman–Crippen MR) is 56.3 cm³/mol. The summed E-state index contributed by atoms with van der Waals surface area (Å²) in [6.45, 7) is 0.619. The molecule has 1 heterocycles. The molecular formula is C11H12FN3O. The Bertz CT molecular complexity index is 453. The van der Waals surface area contributed by atoms with Crippen LogP contribution >= 0.6 is 0 Å². The molecule has 84 valence electrons. The molecule has 0 radical (unpaired) electrons. The first-order valence-corrected chi connectivity index (χ1v) is 5.02. The quantitative estimate of drug-likeness (QED) is 0.838. The van der Waals surface area contributed by atoms with Crippen molar-refractivity contribution in [3.63, 3.8) is 0 Å². The third-order valence-corrected chi connectivity index (χ3v) is 2.21. The van der Waals surface area contributed by atoms with Crippen LogP contribution in [0.25, 0.3) is 0 Å². The maximum Gasteiger partial charge on any atom is 0.123 e. The van der Waals surface area contributed by atoms with Crippen LogP contribution in [0.5, 0.6) is 0 Å². The van der Waals surface area contributed by atoms with E-state index in [1.165, 1.54) is 12.1 Å². The summed E-state index contributed by atoms with van der Waals surface area (Å²) in [6, 6.07) is 6.26. The lowest BCUT2D eigenvalue weighted by atomic mass is 10.2. The molecule has 0 bridgehead atoms. The van der Waals surface area contributed by atoms with Crippen molar-refractivity contribution in [2.75, 3.05) is 6.61 Å². The highest BCUT2D eigenvalue weighted by Gasteiger charge is 2.01. The molecule has 4 nitrogen and oxygen atoms in total. The van der Waals surface area contributed by atoms with Crippen molar-refractivity contribution in [2.45, 2.75) is 13.0 Å². The smallest absolute Gasteiger partial charge is 0.123 e. The lowest BCUT2D eigenvalue weighted by Crippen LogP contribution is -2.00. The van der Waals surface area contributed by atoms with Crippen molar-refractivity contribution in [1.29, 1.82) is 0 Å². The zero-order chi connectivity index (χ0) is 11.4. The Kier molecular flexibility index (Phi) is 3.26. The van der Waals surface area contributed by atoms with Gasteiger partial charge in [0.1, 0.15) is 5.82 Å². The van der Waals surface area contributed by atoms with Crippen molar-refractivity contribution >= 4 is 0 Å². The molecule has 0 saturated heterocycles. The first-order valence-electron chi connectivity index (χ1n) is 5.02. The molecule has 1 N–H and O–H groups in total. The highest BCUT2D eigenvalue weighted by Crippen LogP contribution is 2.05. The van der Waals surface area contributed by atoms with Crippen molar-refractivity contribution in [3.8, 4) is 0 Å². The Morgan fingerprint density at radius 1 is 1.25 bits per heavy atom. The average Bonchev–Trinajstić information content (AvgIpc) is 2.70. The molecule has 2 rings (SSSR count). The minimum Gasteiger partial charge on any atom is -0.396 e. The van der Waals surface area contributed by atoms with Crippen LogP contribution in [-0.4, -0.2) is 26.7 Å². The topological polar surface area (TPSA) is 50.9 Å². The van der Waals surface area contributed by atoms with Gasteiger partial charge in [0.2, 0.25) is 0 Å². The molecule has 0 unspecified atom stereocenters. The van der Waals surface area contributed by atoms with Crippen LogP contribution < -0.4 is 0 Å². The summed E-state index contributed by atoms with van der Waals surface area (Å²) in [7, 11) is 0. The maximum absolute atomic E-state index is 12.7. The van der Waals surface area contributed by atoms with Crippen LogP contribution in [-0.2, 0) is 13.0 Å². The number of hydrogen-bond donors (Lipinski definition) is 1. The van der Waals surface area contributed by atoms with Gasteiger partial charge in [0, 0.05) is 19.2 Å². The maximum atomic E-state index is 12.7. The average molecular weight is 221 g/mol. The summed E-state index contributed by atoms with van der Waals surface area (Å²) in [5.74, 6) is -0.247. The molecule has 0 amide bonds. The van der Waals surface area contributed by atoms with E-state index in [4.69, 9.17) is 5.11 Å². The number of aliphatic hydroxyl groups is 1. The van der Waals surface area contributed by atoms with Crippen LogP contribution in [0.1, 0.15) is 11.3 Å². The lowest BCUT2D eigenvalue weighted by molar-refractivity contribution is 0.298. The van der Waals surface area contributed by atoms with Crippen molar-refractivity contribution in [2.24, 2.45) is 0 Å². The van der Waals surface area contributed by atoms with Gasteiger partial charge in [0.15, 0.2) is 0 Å². The Balaban J connectivity index is 2.05. The molecular weight excluding hydrogens is 209 g/mol. The van der Waals surface area contributed by atoms with Gasteiger partial charge in [-0.15, -0.1) is 5.10 Å². The summed E-state index contributed by atoms with van der Waals surface area (Å²) < 4.78 is 14.3. The van der Waals surface area contributed by atoms with E-state index in [1.54, 1.807) is 23.0 Å². The van der Waals surface area contributed by atoms with Crippen LogP contribution in [0.4, 0.5) is 4.39 Å². The highest BCUT2D eigenvalue weighted by atomic mass is 19.1. The zero-order valence-electron chi connectivity index (χ0n) is 8.67. The molecule has 1 aromatic heterocycles. The SMILES string of the molecule is OCCc1cn(Cc2ccc(F)cc2)nn1. The van der Waals surface area contributed by atoms with Gasteiger partial charge in [-0.3, -0.25) is 0 Å². The summed E-state index contributed by atoms with van der Waals surface area (Å²) in [6.07, 6.45) is 2.28. The molecule has 0 atom stereocenters. The first-order chi connectivity index (χ1) is 7.78. The van der Waals surface area contributed by atoms with Gasteiger partial charge >= 0.3 is 0 Å².